The van der Waals surface area contributed by atoms with Gasteiger partial charge < -0.3 is 20.1 Å². The summed E-state index contributed by atoms with van der Waals surface area (Å²) < 4.78 is 9.79. The van der Waals surface area contributed by atoms with Crippen molar-refractivity contribution in [2.75, 3.05) is 26.3 Å². The molecule has 0 aliphatic carbocycles. The van der Waals surface area contributed by atoms with Gasteiger partial charge in [-0.3, -0.25) is 9.59 Å². The second kappa shape index (κ2) is 11.7. The predicted octanol–water partition coefficient (Wildman–Crippen LogP) is 0.849. The zero-order chi connectivity index (χ0) is 15.4. The zero-order valence-electron chi connectivity index (χ0n) is 13.0. The van der Waals surface area contributed by atoms with Crippen molar-refractivity contribution in [2.45, 2.75) is 52.6 Å². The van der Waals surface area contributed by atoms with Crippen molar-refractivity contribution in [3.8, 4) is 0 Å². The fraction of sp³-hybridized carbons (Fsp3) is 0.857. The molecule has 0 radical (unpaired) electrons. The van der Waals surface area contributed by atoms with E-state index in [2.05, 4.69) is 10.6 Å². The van der Waals surface area contributed by atoms with Gasteiger partial charge in [0.05, 0.1) is 13.2 Å². The van der Waals surface area contributed by atoms with Crippen molar-refractivity contribution in [3.05, 3.63) is 0 Å². The van der Waals surface area contributed by atoms with Crippen LogP contribution in [0.25, 0.3) is 0 Å². The highest BCUT2D eigenvalue weighted by Crippen LogP contribution is 1.93. The SMILES string of the molecule is CCOC(=O)C(C)NCCCCNC(C)C(=O)OCC. The highest BCUT2D eigenvalue weighted by atomic mass is 16.5. The normalized spacial score (nSPS) is 13.6. The van der Waals surface area contributed by atoms with E-state index >= 15 is 0 Å². The van der Waals surface area contributed by atoms with E-state index in [0.717, 1.165) is 25.9 Å². The standard InChI is InChI=1S/C14H28N2O4/c1-5-19-13(17)11(3)15-9-7-8-10-16-12(4)14(18)20-6-2/h11-12,15-16H,5-10H2,1-4H3. The molecule has 0 aromatic carbocycles. The molecule has 0 aliphatic heterocycles. The third-order valence-electron chi connectivity index (χ3n) is 2.78. The van der Waals surface area contributed by atoms with Crippen LogP contribution in [0.4, 0.5) is 0 Å². The summed E-state index contributed by atoms with van der Waals surface area (Å²) in [5, 5.41) is 6.21. The van der Waals surface area contributed by atoms with Crippen LogP contribution < -0.4 is 10.6 Å². The van der Waals surface area contributed by atoms with E-state index in [1.807, 2.05) is 0 Å². The molecule has 0 saturated carbocycles. The number of esters is 2. The maximum atomic E-state index is 11.3. The molecule has 0 rings (SSSR count). The van der Waals surface area contributed by atoms with Crippen LogP contribution in [-0.2, 0) is 19.1 Å². The number of hydrogen-bond donors (Lipinski definition) is 2. The first-order valence-electron chi connectivity index (χ1n) is 7.32. The Bertz CT molecular complexity index is 256. The smallest absolute Gasteiger partial charge is 0.322 e. The monoisotopic (exact) mass is 288 g/mol. The molecule has 0 aliphatic rings. The van der Waals surface area contributed by atoms with Crippen LogP contribution in [-0.4, -0.2) is 50.3 Å². The largest absolute Gasteiger partial charge is 0.465 e. The minimum Gasteiger partial charge on any atom is -0.465 e. The van der Waals surface area contributed by atoms with E-state index in [4.69, 9.17) is 9.47 Å². The molecule has 20 heavy (non-hydrogen) atoms. The van der Waals surface area contributed by atoms with Gasteiger partial charge in [-0.1, -0.05) is 0 Å². The van der Waals surface area contributed by atoms with Crippen molar-refractivity contribution in [2.24, 2.45) is 0 Å². The van der Waals surface area contributed by atoms with Gasteiger partial charge in [-0.05, 0) is 53.6 Å². The molecule has 0 aromatic rings. The van der Waals surface area contributed by atoms with E-state index in [-0.39, 0.29) is 24.0 Å². The molecule has 0 fully saturated rings. The lowest BCUT2D eigenvalue weighted by Gasteiger charge is -2.14. The average molecular weight is 288 g/mol. The Hall–Kier alpha value is -1.14. The number of carbonyl (C=O) groups is 2. The lowest BCUT2D eigenvalue weighted by atomic mass is 10.2. The summed E-state index contributed by atoms with van der Waals surface area (Å²) in [5.74, 6) is -0.442. The molecule has 6 heteroatoms. The van der Waals surface area contributed by atoms with Crippen LogP contribution in [0.3, 0.4) is 0 Å². The van der Waals surface area contributed by atoms with Crippen LogP contribution in [0.2, 0.25) is 0 Å². The first-order valence-corrected chi connectivity index (χ1v) is 7.32. The summed E-state index contributed by atoms with van der Waals surface area (Å²) in [6, 6.07) is -0.553. The highest BCUT2D eigenvalue weighted by molar-refractivity contribution is 5.75. The Kier molecular flexibility index (Phi) is 11.0. The second-order valence-electron chi connectivity index (χ2n) is 4.56. The van der Waals surface area contributed by atoms with Gasteiger partial charge in [-0.25, -0.2) is 0 Å². The topological polar surface area (TPSA) is 76.7 Å². The van der Waals surface area contributed by atoms with Crippen LogP contribution in [0.15, 0.2) is 0 Å². The van der Waals surface area contributed by atoms with Gasteiger partial charge in [0, 0.05) is 0 Å². The molecule has 6 nitrogen and oxygen atoms in total. The molecule has 0 amide bonds. The maximum Gasteiger partial charge on any atom is 0.322 e. The van der Waals surface area contributed by atoms with Gasteiger partial charge in [-0.15, -0.1) is 0 Å². The van der Waals surface area contributed by atoms with Crippen molar-refractivity contribution in [1.29, 1.82) is 0 Å². The summed E-state index contributed by atoms with van der Waals surface area (Å²) in [6.07, 6.45) is 1.85. The van der Waals surface area contributed by atoms with Crippen LogP contribution in [0.5, 0.6) is 0 Å². The van der Waals surface area contributed by atoms with E-state index < -0.39 is 0 Å². The average Bonchev–Trinajstić information content (AvgIpc) is 2.42. The molecule has 118 valence electrons. The van der Waals surface area contributed by atoms with Gasteiger partial charge in [0.1, 0.15) is 12.1 Å². The highest BCUT2D eigenvalue weighted by Gasteiger charge is 2.13. The number of rotatable bonds is 11. The Morgan fingerprint density at radius 2 is 1.20 bits per heavy atom. The summed E-state index contributed by atoms with van der Waals surface area (Å²) in [5.41, 5.74) is 0. The molecule has 0 spiro atoms. The van der Waals surface area contributed by atoms with Crippen molar-refractivity contribution in [3.63, 3.8) is 0 Å². The van der Waals surface area contributed by atoms with Crippen LogP contribution in [0.1, 0.15) is 40.5 Å². The van der Waals surface area contributed by atoms with E-state index in [0.29, 0.717) is 13.2 Å². The minimum atomic E-state index is -0.277. The number of unbranched alkanes of at least 4 members (excludes halogenated alkanes) is 1. The molecule has 0 bridgehead atoms. The second-order valence-corrected chi connectivity index (χ2v) is 4.56. The number of carbonyl (C=O) groups excluding carboxylic acids is 2. The quantitative estimate of drug-likeness (QED) is 0.433. The predicted molar refractivity (Wildman–Crippen MR) is 77.4 cm³/mol. The molecule has 2 unspecified atom stereocenters. The Morgan fingerprint density at radius 1 is 0.850 bits per heavy atom. The molecule has 0 saturated heterocycles. The fourth-order valence-corrected chi connectivity index (χ4v) is 1.59. The van der Waals surface area contributed by atoms with Gasteiger partial charge in [0.2, 0.25) is 0 Å². The Morgan fingerprint density at radius 3 is 1.50 bits per heavy atom. The molecule has 0 heterocycles. The first-order chi connectivity index (χ1) is 9.52. The molecule has 2 atom stereocenters. The molecule has 2 N–H and O–H groups in total. The Labute approximate surface area is 121 Å². The van der Waals surface area contributed by atoms with E-state index in [1.54, 1.807) is 27.7 Å². The Balaban J connectivity index is 3.53. The molecular formula is C14H28N2O4. The number of nitrogens with one attached hydrogen (secondary N) is 2. The number of hydrogen-bond acceptors (Lipinski definition) is 6. The van der Waals surface area contributed by atoms with Crippen molar-refractivity contribution >= 4 is 11.9 Å². The summed E-state index contributed by atoms with van der Waals surface area (Å²) >= 11 is 0. The lowest BCUT2D eigenvalue weighted by Crippen LogP contribution is -2.37. The molecular weight excluding hydrogens is 260 g/mol. The fourth-order valence-electron chi connectivity index (χ4n) is 1.59. The van der Waals surface area contributed by atoms with E-state index in [9.17, 15) is 9.59 Å². The summed E-state index contributed by atoms with van der Waals surface area (Å²) in [6.45, 7) is 9.46. The maximum absolute atomic E-state index is 11.3. The van der Waals surface area contributed by atoms with Gasteiger partial charge in [-0.2, -0.15) is 0 Å². The zero-order valence-corrected chi connectivity index (χ0v) is 13.0. The van der Waals surface area contributed by atoms with Gasteiger partial charge in [0.15, 0.2) is 0 Å². The van der Waals surface area contributed by atoms with Crippen molar-refractivity contribution in [1.82, 2.24) is 10.6 Å². The van der Waals surface area contributed by atoms with Gasteiger partial charge in [0.25, 0.3) is 0 Å². The third-order valence-corrected chi connectivity index (χ3v) is 2.78. The van der Waals surface area contributed by atoms with E-state index in [1.165, 1.54) is 0 Å². The minimum absolute atomic E-state index is 0.221. The first kappa shape index (κ1) is 18.9. The third kappa shape index (κ3) is 8.87. The number of ether oxygens (including phenoxy) is 2. The van der Waals surface area contributed by atoms with Gasteiger partial charge >= 0.3 is 11.9 Å². The summed E-state index contributed by atoms with van der Waals surface area (Å²) in [4.78, 5) is 22.7. The summed E-state index contributed by atoms with van der Waals surface area (Å²) in [7, 11) is 0. The van der Waals surface area contributed by atoms with Crippen molar-refractivity contribution < 1.29 is 19.1 Å². The lowest BCUT2D eigenvalue weighted by molar-refractivity contribution is -0.146. The van der Waals surface area contributed by atoms with Crippen LogP contribution >= 0.6 is 0 Å². The van der Waals surface area contributed by atoms with Crippen LogP contribution in [0, 0.1) is 0 Å². The molecule has 0 aromatic heterocycles.